The van der Waals surface area contributed by atoms with Crippen molar-refractivity contribution in [1.82, 2.24) is 15.1 Å². The van der Waals surface area contributed by atoms with Crippen LogP contribution < -0.4 is 5.32 Å². The topological polar surface area (TPSA) is 135 Å². The maximum absolute atomic E-state index is 14.5. The summed E-state index contributed by atoms with van der Waals surface area (Å²) in [5, 5.41) is 13.2. The van der Waals surface area contributed by atoms with E-state index in [0.29, 0.717) is 18.5 Å². The molecule has 0 aromatic heterocycles. The molecule has 3 amide bonds. The van der Waals surface area contributed by atoms with E-state index in [2.05, 4.69) is 12.2 Å². The number of carbonyl (C=O) groups excluding carboxylic acids is 4. The number of esters is 1. The molecule has 4 aliphatic heterocycles. The second kappa shape index (κ2) is 14.3. The zero-order chi connectivity index (χ0) is 32.1. The Kier molecular flexibility index (Phi) is 10.4. The van der Waals surface area contributed by atoms with Crippen LogP contribution in [0.4, 0.5) is 0 Å². The highest BCUT2D eigenvalue weighted by atomic mass is 16.6. The van der Waals surface area contributed by atoms with E-state index < -0.39 is 59.6 Å². The van der Waals surface area contributed by atoms with E-state index in [4.69, 9.17) is 14.2 Å². The molecule has 2 fully saturated rings. The Morgan fingerprint density at radius 2 is 1.89 bits per heavy atom. The van der Waals surface area contributed by atoms with Gasteiger partial charge in [0.2, 0.25) is 17.7 Å². The number of amides is 3. The van der Waals surface area contributed by atoms with E-state index in [-0.39, 0.29) is 38.0 Å². The molecule has 1 aromatic rings. The Morgan fingerprint density at radius 1 is 1.11 bits per heavy atom. The summed E-state index contributed by atoms with van der Waals surface area (Å²) in [5.41, 5.74) is -0.723. The van der Waals surface area contributed by atoms with Crippen LogP contribution in [0.2, 0.25) is 0 Å². The zero-order valence-electron chi connectivity index (χ0n) is 26.3. The summed E-state index contributed by atoms with van der Waals surface area (Å²) in [6.45, 7) is 4.26. The van der Waals surface area contributed by atoms with E-state index in [0.717, 1.165) is 19.3 Å². The van der Waals surface area contributed by atoms with E-state index in [1.807, 2.05) is 42.5 Å². The lowest BCUT2D eigenvalue weighted by molar-refractivity contribution is -0.162. The minimum Gasteiger partial charge on any atom is -0.455 e. The number of fused-ring (bicyclic) bond motifs is 2. The first-order valence-corrected chi connectivity index (χ1v) is 16.0. The Bertz CT molecular complexity index is 1300. The number of likely N-dealkylation sites (tertiary alicyclic amines) is 1. The molecule has 5 rings (SSSR count). The van der Waals surface area contributed by atoms with Crippen LogP contribution in [0.5, 0.6) is 0 Å². The fraction of sp³-hybridized carbons (Fsp3) is 0.588. The maximum atomic E-state index is 14.5. The largest absolute Gasteiger partial charge is 0.455 e. The van der Waals surface area contributed by atoms with Gasteiger partial charge in [0.15, 0.2) is 0 Å². The van der Waals surface area contributed by atoms with Gasteiger partial charge in [-0.15, -0.1) is 0 Å². The van der Waals surface area contributed by atoms with Crippen molar-refractivity contribution in [1.29, 1.82) is 0 Å². The number of nitrogens with zero attached hydrogens (tertiary/aromatic N) is 2. The average molecular weight is 624 g/mol. The van der Waals surface area contributed by atoms with Crippen molar-refractivity contribution >= 4 is 23.7 Å². The van der Waals surface area contributed by atoms with Crippen molar-refractivity contribution in [3.05, 3.63) is 60.2 Å². The van der Waals surface area contributed by atoms with Gasteiger partial charge in [0.25, 0.3) is 0 Å². The van der Waals surface area contributed by atoms with Crippen LogP contribution in [0.3, 0.4) is 0 Å². The van der Waals surface area contributed by atoms with Crippen molar-refractivity contribution in [2.45, 2.75) is 81.9 Å². The molecule has 4 aliphatic rings. The second-order valence-corrected chi connectivity index (χ2v) is 12.4. The first-order valence-electron chi connectivity index (χ1n) is 16.0. The number of aliphatic hydroxyl groups is 1. The molecule has 0 aliphatic carbocycles. The first kappa shape index (κ1) is 32.8. The van der Waals surface area contributed by atoms with Crippen LogP contribution in [0, 0.1) is 11.8 Å². The summed E-state index contributed by atoms with van der Waals surface area (Å²) in [7, 11) is 1.51. The number of unbranched alkanes of at least 4 members (excludes halogenated alkanes) is 2. The van der Waals surface area contributed by atoms with Crippen LogP contribution in [0.1, 0.15) is 57.6 Å². The Labute approximate surface area is 264 Å². The minimum atomic E-state index is -1.38. The molecular weight excluding hydrogens is 578 g/mol. The molecule has 5 bridgehead atoms. The van der Waals surface area contributed by atoms with Crippen LogP contribution in [-0.4, -0.2) is 102 Å². The summed E-state index contributed by atoms with van der Waals surface area (Å²) in [4.78, 5) is 59.2. The summed E-state index contributed by atoms with van der Waals surface area (Å²) < 4.78 is 18.1. The van der Waals surface area contributed by atoms with Gasteiger partial charge in [-0.05, 0) is 25.3 Å². The molecule has 244 valence electrons. The third-order valence-electron chi connectivity index (χ3n) is 9.36. The molecule has 2 N–H and O–H groups in total. The van der Waals surface area contributed by atoms with E-state index in [9.17, 15) is 24.3 Å². The molecule has 4 heterocycles. The highest BCUT2D eigenvalue weighted by Gasteiger charge is 2.74. The number of carbonyl (C=O) groups is 4. The number of rotatable bonds is 9. The molecule has 45 heavy (non-hydrogen) atoms. The van der Waals surface area contributed by atoms with Crippen LogP contribution in [0.25, 0.3) is 0 Å². The SMILES string of the molecule is CCCCCN1C/C=C\CCC(=O)N[C@H](COC)[C@@H](c2ccccc2)OC(=O)[C@@H]2[C@@H]3C=C[C@]4(O3)[C@H](C1=O)N([C@H](C)CO)C(=O)[C@@H]24. The number of ether oxygens (including phenoxy) is 3. The fourth-order valence-corrected chi connectivity index (χ4v) is 7.16. The predicted octanol–water partition coefficient (Wildman–Crippen LogP) is 2.30. The highest BCUT2D eigenvalue weighted by molar-refractivity contribution is 5.99. The minimum absolute atomic E-state index is 0.0797. The molecule has 0 radical (unpaired) electrons. The Hall–Kier alpha value is -3.54. The predicted molar refractivity (Wildman–Crippen MR) is 164 cm³/mol. The van der Waals surface area contributed by atoms with Gasteiger partial charge < -0.3 is 34.4 Å². The van der Waals surface area contributed by atoms with Gasteiger partial charge in [-0.1, -0.05) is 74.4 Å². The van der Waals surface area contributed by atoms with Gasteiger partial charge in [-0.25, -0.2) is 0 Å². The highest BCUT2D eigenvalue weighted by Crippen LogP contribution is 2.56. The monoisotopic (exact) mass is 623 g/mol. The molecule has 0 unspecified atom stereocenters. The number of methoxy groups -OCH3 is 1. The lowest BCUT2D eigenvalue weighted by Crippen LogP contribution is -2.58. The lowest BCUT2D eigenvalue weighted by Gasteiger charge is -2.37. The van der Waals surface area contributed by atoms with Gasteiger partial charge in [-0.3, -0.25) is 19.2 Å². The third kappa shape index (κ3) is 6.30. The molecule has 1 spiro atoms. The Morgan fingerprint density at radius 3 is 2.60 bits per heavy atom. The van der Waals surface area contributed by atoms with E-state index in [1.165, 1.54) is 12.0 Å². The number of hydrogen-bond donors (Lipinski definition) is 2. The molecule has 11 nitrogen and oxygen atoms in total. The number of nitrogens with one attached hydrogen (secondary N) is 1. The molecular formula is C34H45N3O8. The van der Waals surface area contributed by atoms with Crippen LogP contribution in [0.15, 0.2) is 54.6 Å². The zero-order valence-corrected chi connectivity index (χ0v) is 26.3. The van der Waals surface area contributed by atoms with Crippen molar-refractivity contribution in [3.63, 3.8) is 0 Å². The van der Waals surface area contributed by atoms with Crippen LogP contribution in [-0.2, 0) is 33.4 Å². The summed E-state index contributed by atoms with van der Waals surface area (Å²) in [6, 6.07) is 6.65. The number of hydrogen-bond acceptors (Lipinski definition) is 8. The van der Waals surface area contributed by atoms with Crippen molar-refractivity contribution < 1.29 is 38.5 Å². The van der Waals surface area contributed by atoms with Crippen molar-refractivity contribution in [2.75, 3.05) is 33.4 Å². The van der Waals surface area contributed by atoms with Gasteiger partial charge in [0.05, 0.1) is 37.3 Å². The number of allylic oxidation sites excluding steroid dienone is 1. The van der Waals surface area contributed by atoms with Crippen molar-refractivity contribution in [3.8, 4) is 0 Å². The van der Waals surface area contributed by atoms with E-state index in [1.54, 1.807) is 24.0 Å². The Balaban J connectivity index is 1.58. The summed E-state index contributed by atoms with van der Waals surface area (Å²) in [6.07, 6.45) is 8.88. The first-order chi connectivity index (χ1) is 21.8. The number of cyclic esters (lactones) is 1. The van der Waals surface area contributed by atoms with Crippen LogP contribution >= 0.6 is 0 Å². The number of benzene rings is 1. The van der Waals surface area contributed by atoms with Gasteiger partial charge in [0.1, 0.15) is 23.7 Å². The number of aliphatic hydroxyl groups excluding tert-OH is 1. The van der Waals surface area contributed by atoms with Gasteiger partial charge in [-0.2, -0.15) is 0 Å². The fourth-order valence-electron chi connectivity index (χ4n) is 7.16. The second-order valence-electron chi connectivity index (χ2n) is 12.4. The van der Waals surface area contributed by atoms with E-state index >= 15 is 0 Å². The van der Waals surface area contributed by atoms with Gasteiger partial charge in [0, 0.05) is 26.6 Å². The van der Waals surface area contributed by atoms with Gasteiger partial charge >= 0.3 is 5.97 Å². The standard InChI is InChI=1S/C34H45N3O8/c1-4-5-11-18-36-19-12-7-10-15-26(39)35-24(21-43-3)29(23-13-8-6-9-14-23)44-33(42)27-25-16-17-34(45-25)28(27)31(40)37(22(2)20-38)30(34)32(36)41/h6-9,12-14,16-17,22,24-25,27-30,38H,4-5,10-11,15,18-21H2,1-3H3,(H,35,39)/b12-7-/t22-,24-,25+,27-,28-,29-,30+,34-/m1/s1. The normalized spacial score (nSPS) is 33.2. The molecule has 2 saturated heterocycles. The smallest absolute Gasteiger partial charge is 0.313 e. The molecule has 8 atom stereocenters. The quantitative estimate of drug-likeness (QED) is 0.243. The third-order valence-corrected chi connectivity index (χ3v) is 9.36. The summed E-state index contributed by atoms with van der Waals surface area (Å²) >= 11 is 0. The average Bonchev–Trinajstić information content (AvgIpc) is 3.69. The molecule has 11 heteroatoms. The van der Waals surface area contributed by atoms with Crippen molar-refractivity contribution in [2.24, 2.45) is 11.8 Å². The molecule has 0 saturated carbocycles. The maximum Gasteiger partial charge on any atom is 0.313 e. The lowest BCUT2D eigenvalue weighted by atomic mass is 9.74. The molecule has 1 aromatic carbocycles. The summed E-state index contributed by atoms with van der Waals surface area (Å²) in [5.74, 6) is -3.65.